The smallest absolute Gasteiger partial charge is 0.233 e. The second-order valence-corrected chi connectivity index (χ2v) is 10.2. The van der Waals surface area contributed by atoms with Crippen molar-refractivity contribution in [3.8, 4) is 0 Å². The lowest BCUT2D eigenvalue weighted by Crippen LogP contribution is -2.34. The molecule has 2 atom stereocenters. The topological polar surface area (TPSA) is 150 Å². The molecule has 0 aliphatic heterocycles. The van der Waals surface area contributed by atoms with Crippen LogP contribution in [0.1, 0.15) is 76.6 Å². The normalized spacial score (nSPS) is 18.9. The minimum Gasteiger partial charge on any atom is -0.395 e. The van der Waals surface area contributed by atoms with Crippen molar-refractivity contribution < 1.29 is 19.8 Å². The number of aliphatic hydroxyl groups excluding tert-OH is 2. The molecular formula is C24H34N6O4. The van der Waals surface area contributed by atoms with Gasteiger partial charge in [-0.25, -0.2) is 0 Å². The SMILES string of the molecule is CC(C)(CO)C(=O)Nc1ccc([C@H]2CCC[C@H](c3ccc(NC(=O)C(C)(C)CO)nn3)C2)nn1. The average molecular weight is 471 g/mol. The summed E-state index contributed by atoms with van der Waals surface area (Å²) in [6.45, 7) is 6.11. The summed E-state index contributed by atoms with van der Waals surface area (Å²) in [5, 5.41) is 41.1. The molecule has 3 rings (SSSR count). The third-order valence-corrected chi connectivity index (χ3v) is 6.38. The lowest BCUT2D eigenvalue weighted by Gasteiger charge is -2.28. The zero-order valence-electron chi connectivity index (χ0n) is 20.2. The van der Waals surface area contributed by atoms with Crippen molar-refractivity contribution in [2.24, 2.45) is 10.8 Å². The third kappa shape index (κ3) is 6.12. The molecule has 2 aromatic rings. The molecular weight excluding hydrogens is 436 g/mol. The van der Waals surface area contributed by atoms with Gasteiger partial charge in [0.05, 0.1) is 35.4 Å². The van der Waals surface area contributed by atoms with E-state index in [4.69, 9.17) is 0 Å². The summed E-state index contributed by atoms with van der Waals surface area (Å²) in [6, 6.07) is 7.24. The summed E-state index contributed by atoms with van der Waals surface area (Å²) in [4.78, 5) is 24.4. The Morgan fingerprint density at radius 1 is 0.794 bits per heavy atom. The molecule has 184 valence electrons. The molecule has 1 saturated carbocycles. The maximum Gasteiger partial charge on any atom is 0.233 e. The second kappa shape index (κ2) is 10.5. The fourth-order valence-corrected chi connectivity index (χ4v) is 3.70. The van der Waals surface area contributed by atoms with Crippen LogP contribution in [0.4, 0.5) is 11.6 Å². The highest BCUT2D eigenvalue weighted by molar-refractivity contribution is 5.94. The van der Waals surface area contributed by atoms with Gasteiger partial charge < -0.3 is 20.8 Å². The quantitative estimate of drug-likeness (QED) is 0.460. The molecule has 2 amide bonds. The van der Waals surface area contributed by atoms with Crippen LogP contribution in [0.5, 0.6) is 0 Å². The summed E-state index contributed by atoms with van der Waals surface area (Å²) >= 11 is 0. The molecule has 1 fully saturated rings. The fourth-order valence-electron chi connectivity index (χ4n) is 3.70. The van der Waals surface area contributed by atoms with Gasteiger partial charge in [-0.1, -0.05) is 6.42 Å². The standard InChI is InChI=1S/C24H34N6O4/c1-23(2,13-31)21(33)25-19-10-8-17(27-29-19)15-6-5-7-16(12-15)18-9-11-20(30-28-18)26-22(34)24(3,4)14-32/h8-11,15-16,31-32H,5-7,12-14H2,1-4H3,(H,25,29,33)(H,26,30,34)/t15-,16-/m0/s1. The Hall–Kier alpha value is -2.98. The highest BCUT2D eigenvalue weighted by atomic mass is 16.3. The van der Waals surface area contributed by atoms with Gasteiger partial charge in [0.2, 0.25) is 11.8 Å². The molecule has 1 aliphatic rings. The number of carbonyl (C=O) groups excluding carboxylic acids is 2. The van der Waals surface area contributed by atoms with E-state index in [2.05, 4.69) is 31.0 Å². The van der Waals surface area contributed by atoms with Gasteiger partial charge in [-0.2, -0.15) is 10.2 Å². The summed E-state index contributed by atoms with van der Waals surface area (Å²) < 4.78 is 0. The molecule has 10 heteroatoms. The van der Waals surface area contributed by atoms with Crippen LogP contribution in [0, 0.1) is 10.8 Å². The predicted octanol–water partition coefficient (Wildman–Crippen LogP) is 2.62. The van der Waals surface area contributed by atoms with Crippen molar-refractivity contribution in [2.75, 3.05) is 23.8 Å². The molecule has 34 heavy (non-hydrogen) atoms. The second-order valence-electron chi connectivity index (χ2n) is 10.2. The molecule has 0 radical (unpaired) electrons. The van der Waals surface area contributed by atoms with Crippen LogP contribution in [0.2, 0.25) is 0 Å². The van der Waals surface area contributed by atoms with Crippen LogP contribution < -0.4 is 10.6 Å². The molecule has 0 spiro atoms. The molecule has 0 saturated heterocycles. The first-order chi connectivity index (χ1) is 16.1. The molecule has 2 aromatic heterocycles. The minimum absolute atomic E-state index is 0.219. The maximum absolute atomic E-state index is 12.2. The molecule has 4 N–H and O–H groups in total. The zero-order chi connectivity index (χ0) is 24.9. The van der Waals surface area contributed by atoms with Gasteiger partial charge in [0.25, 0.3) is 0 Å². The van der Waals surface area contributed by atoms with Gasteiger partial charge in [-0.15, -0.1) is 10.2 Å². The lowest BCUT2D eigenvalue weighted by molar-refractivity contribution is -0.126. The number of anilines is 2. The lowest BCUT2D eigenvalue weighted by atomic mass is 9.78. The van der Waals surface area contributed by atoms with Crippen LogP contribution in [-0.2, 0) is 9.59 Å². The van der Waals surface area contributed by atoms with Gasteiger partial charge in [0, 0.05) is 11.8 Å². The summed E-state index contributed by atoms with van der Waals surface area (Å²) in [5.74, 6) is 0.527. The van der Waals surface area contributed by atoms with Crippen molar-refractivity contribution in [3.05, 3.63) is 35.7 Å². The number of aliphatic hydroxyl groups is 2. The van der Waals surface area contributed by atoms with Crippen molar-refractivity contribution in [2.45, 2.75) is 65.2 Å². The van der Waals surface area contributed by atoms with E-state index in [1.54, 1.807) is 39.8 Å². The summed E-state index contributed by atoms with van der Waals surface area (Å²) in [5.41, 5.74) is -0.0593. The molecule has 0 unspecified atom stereocenters. The number of amides is 2. The highest BCUT2D eigenvalue weighted by Gasteiger charge is 2.29. The summed E-state index contributed by atoms with van der Waals surface area (Å²) in [6.07, 6.45) is 3.86. The average Bonchev–Trinajstić information content (AvgIpc) is 2.85. The Bertz CT molecular complexity index is 912. The number of rotatable bonds is 8. The van der Waals surface area contributed by atoms with E-state index in [0.29, 0.717) is 11.6 Å². The van der Waals surface area contributed by atoms with Gasteiger partial charge >= 0.3 is 0 Å². The summed E-state index contributed by atoms with van der Waals surface area (Å²) in [7, 11) is 0. The van der Waals surface area contributed by atoms with Gasteiger partial charge in [-0.05, 0) is 71.2 Å². The van der Waals surface area contributed by atoms with Crippen LogP contribution in [0.25, 0.3) is 0 Å². The number of aromatic nitrogens is 4. The Kier molecular flexibility index (Phi) is 7.93. The molecule has 0 bridgehead atoms. The van der Waals surface area contributed by atoms with Gasteiger partial charge in [0.1, 0.15) is 0 Å². The minimum atomic E-state index is -0.897. The van der Waals surface area contributed by atoms with Gasteiger partial charge in [0.15, 0.2) is 11.6 Å². The fraction of sp³-hybridized carbons (Fsp3) is 0.583. The Morgan fingerprint density at radius 2 is 1.21 bits per heavy atom. The molecule has 1 aliphatic carbocycles. The Balaban J connectivity index is 1.62. The number of hydrogen-bond acceptors (Lipinski definition) is 8. The van der Waals surface area contributed by atoms with E-state index in [1.165, 1.54) is 0 Å². The first-order valence-electron chi connectivity index (χ1n) is 11.6. The first kappa shape index (κ1) is 25.6. The monoisotopic (exact) mass is 470 g/mol. The van der Waals surface area contributed by atoms with Crippen molar-refractivity contribution in [1.82, 2.24) is 20.4 Å². The van der Waals surface area contributed by atoms with Crippen LogP contribution in [0.15, 0.2) is 24.3 Å². The number of nitrogens with zero attached hydrogens (tertiary/aromatic N) is 4. The predicted molar refractivity (Wildman–Crippen MR) is 127 cm³/mol. The van der Waals surface area contributed by atoms with Crippen LogP contribution in [0.3, 0.4) is 0 Å². The first-order valence-corrected chi connectivity index (χ1v) is 11.6. The Labute approximate surface area is 199 Å². The van der Waals surface area contributed by atoms with E-state index in [-0.39, 0.29) is 36.9 Å². The Morgan fingerprint density at radius 3 is 1.53 bits per heavy atom. The van der Waals surface area contributed by atoms with Crippen molar-refractivity contribution >= 4 is 23.5 Å². The van der Waals surface area contributed by atoms with E-state index < -0.39 is 10.8 Å². The maximum atomic E-state index is 12.2. The van der Waals surface area contributed by atoms with E-state index in [1.807, 2.05) is 12.1 Å². The largest absolute Gasteiger partial charge is 0.395 e. The number of nitrogens with one attached hydrogen (secondary N) is 2. The highest BCUT2D eigenvalue weighted by Crippen LogP contribution is 2.40. The van der Waals surface area contributed by atoms with Crippen molar-refractivity contribution in [3.63, 3.8) is 0 Å². The van der Waals surface area contributed by atoms with Crippen LogP contribution in [-0.4, -0.2) is 55.6 Å². The molecule has 2 heterocycles. The number of hydrogen-bond donors (Lipinski definition) is 4. The van der Waals surface area contributed by atoms with Gasteiger partial charge in [-0.3, -0.25) is 9.59 Å². The molecule has 0 aromatic carbocycles. The van der Waals surface area contributed by atoms with E-state index >= 15 is 0 Å². The number of carbonyl (C=O) groups is 2. The zero-order valence-corrected chi connectivity index (χ0v) is 20.2. The van der Waals surface area contributed by atoms with Crippen molar-refractivity contribution in [1.29, 1.82) is 0 Å². The van der Waals surface area contributed by atoms with E-state index in [0.717, 1.165) is 37.1 Å². The molecule has 10 nitrogen and oxygen atoms in total. The van der Waals surface area contributed by atoms with Crippen LogP contribution >= 0.6 is 0 Å². The van der Waals surface area contributed by atoms with E-state index in [9.17, 15) is 19.8 Å². The third-order valence-electron chi connectivity index (χ3n) is 6.38.